The Bertz CT molecular complexity index is 438. The van der Waals surface area contributed by atoms with Crippen molar-refractivity contribution in [3.63, 3.8) is 0 Å². The zero-order chi connectivity index (χ0) is 9.97. The Morgan fingerprint density at radius 1 is 1.29 bits per heavy atom. The largest absolute Gasteiger partial charge is 0.487 e. The monoisotopic (exact) mass is 185 g/mol. The third kappa shape index (κ3) is 1.65. The van der Waals surface area contributed by atoms with Crippen LogP contribution in [0, 0.1) is 22.7 Å². The highest BCUT2D eigenvalue weighted by Crippen LogP contribution is 2.28. The molecule has 0 spiro atoms. The van der Waals surface area contributed by atoms with Gasteiger partial charge in [-0.25, -0.2) is 4.98 Å². The van der Waals surface area contributed by atoms with Gasteiger partial charge in [0.1, 0.15) is 17.8 Å². The predicted molar refractivity (Wildman–Crippen MR) is 47.3 cm³/mol. The van der Waals surface area contributed by atoms with E-state index in [1.807, 2.05) is 12.1 Å². The second-order valence-corrected chi connectivity index (χ2v) is 3.08. The van der Waals surface area contributed by atoms with Gasteiger partial charge in [0.05, 0.1) is 6.10 Å². The molecule has 0 radical (unpaired) electrons. The standard InChI is InChI=1S/C10H7N3O/c11-5-7-1-4-10(9(6-12)13-7)14-8-2-3-8/h1,4,8H,2-3H2. The van der Waals surface area contributed by atoms with Crippen LogP contribution in [0.3, 0.4) is 0 Å². The fraction of sp³-hybridized carbons (Fsp3) is 0.300. The summed E-state index contributed by atoms with van der Waals surface area (Å²) in [5, 5.41) is 17.3. The summed E-state index contributed by atoms with van der Waals surface area (Å²) < 4.78 is 5.45. The summed E-state index contributed by atoms with van der Waals surface area (Å²) >= 11 is 0. The molecule has 0 atom stereocenters. The summed E-state index contributed by atoms with van der Waals surface area (Å²) in [4.78, 5) is 3.84. The van der Waals surface area contributed by atoms with Crippen molar-refractivity contribution >= 4 is 0 Å². The molecular formula is C10H7N3O. The maximum atomic E-state index is 8.77. The minimum atomic E-state index is 0.191. The van der Waals surface area contributed by atoms with Crippen LogP contribution in [0.1, 0.15) is 24.2 Å². The van der Waals surface area contributed by atoms with Gasteiger partial charge in [-0.15, -0.1) is 0 Å². The lowest BCUT2D eigenvalue weighted by Crippen LogP contribution is -2.00. The maximum absolute atomic E-state index is 8.77. The highest BCUT2D eigenvalue weighted by Gasteiger charge is 2.24. The van der Waals surface area contributed by atoms with E-state index in [1.165, 1.54) is 0 Å². The first-order chi connectivity index (χ1) is 6.83. The molecule has 1 fully saturated rings. The number of ether oxygens (including phenoxy) is 1. The average molecular weight is 185 g/mol. The Morgan fingerprint density at radius 3 is 2.64 bits per heavy atom. The van der Waals surface area contributed by atoms with Crippen LogP contribution in [0.5, 0.6) is 5.75 Å². The molecule has 0 saturated heterocycles. The van der Waals surface area contributed by atoms with Crippen molar-refractivity contribution in [2.75, 3.05) is 0 Å². The van der Waals surface area contributed by atoms with Crippen LogP contribution in [-0.4, -0.2) is 11.1 Å². The molecule has 4 nitrogen and oxygen atoms in total. The Hall–Kier alpha value is -2.07. The van der Waals surface area contributed by atoms with E-state index in [-0.39, 0.29) is 17.5 Å². The van der Waals surface area contributed by atoms with Gasteiger partial charge in [-0.05, 0) is 25.0 Å². The van der Waals surface area contributed by atoms with E-state index in [2.05, 4.69) is 4.98 Å². The van der Waals surface area contributed by atoms with Crippen molar-refractivity contribution in [2.24, 2.45) is 0 Å². The molecule has 0 bridgehead atoms. The second kappa shape index (κ2) is 3.35. The van der Waals surface area contributed by atoms with Gasteiger partial charge in [0.25, 0.3) is 0 Å². The van der Waals surface area contributed by atoms with Crippen molar-refractivity contribution in [2.45, 2.75) is 18.9 Å². The summed E-state index contributed by atoms with van der Waals surface area (Å²) in [5.41, 5.74) is 0.431. The molecule has 0 unspecified atom stereocenters. The van der Waals surface area contributed by atoms with Crippen molar-refractivity contribution in [3.8, 4) is 17.9 Å². The summed E-state index contributed by atoms with van der Waals surface area (Å²) in [7, 11) is 0. The number of pyridine rings is 1. The normalized spacial score (nSPS) is 14.1. The van der Waals surface area contributed by atoms with Gasteiger partial charge in [-0.3, -0.25) is 0 Å². The van der Waals surface area contributed by atoms with E-state index in [9.17, 15) is 0 Å². The van der Waals surface area contributed by atoms with E-state index >= 15 is 0 Å². The van der Waals surface area contributed by atoms with Crippen LogP contribution in [0.2, 0.25) is 0 Å². The third-order valence-electron chi connectivity index (χ3n) is 1.90. The van der Waals surface area contributed by atoms with Gasteiger partial charge in [0, 0.05) is 0 Å². The minimum absolute atomic E-state index is 0.191. The third-order valence-corrected chi connectivity index (χ3v) is 1.90. The van der Waals surface area contributed by atoms with Gasteiger partial charge in [-0.2, -0.15) is 10.5 Å². The first kappa shape index (κ1) is 8.52. The average Bonchev–Trinajstić information content (AvgIpc) is 3.02. The Morgan fingerprint density at radius 2 is 2.07 bits per heavy atom. The fourth-order valence-electron chi connectivity index (χ4n) is 1.05. The smallest absolute Gasteiger partial charge is 0.183 e. The van der Waals surface area contributed by atoms with Crippen LogP contribution in [-0.2, 0) is 0 Å². The molecule has 1 aromatic rings. The van der Waals surface area contributed by atoms with Crippen LogP contribution < -0.4 is 4.74 Å². The van der Waals surface area contributed by atoms with Gasteiger partial charge < -0.3 is 4.74 Å². The van der Waals surface area contributed by atoms with E-state index in [1.54, 1.807) is 12.1 Å². The summed E-state index contributed by atoms with van der Waals surface area (Å²) in [5.74, 6) is 0.481. The molecule has 2 rings (SSSR count). The minimum Gasteiger partial charge on any atom is -0.487 e. The molecule has 1 aliphatic carbocycles. The van der Waals surface area contributed by atoms with Crippen molar-refractivity contribution in [1.29, 1.82) is 10.5 Å². The van der Waals surface area contributed by atoms with Gasteiger partial charge in [-0.1, -0.05) is 0 Å². The molecule has 68 valence electrons. The Labute approximate surface area is 81.4 Å². The highest BCUT2D eigenvalue weighted by atomic mass is 16.5. The second-order valence-electron chi connectivity index (χ2n) is 3.08. The van der Waals surface area contributed by atoms with Crippen LogP contribution >= 0.6 is 0 Å². The van der Waals surface area contributed by atoms with E-state index < -0.39 is 0 Å². The number of hydrogen-bond acceptors (Lipinski definition) is 4. The quantitative estimate of drug-likeness (QED) is 0.697. The number of nitriles is 2. The molecule has 4 heteroatoms. The molecule has 0 aromatic carbocycles. The lowest BCUT2D eigenvalue weighted by Gasteiger charge is -2.04. The lowest BCUT2D eigenvalue weighted by molar-refractivity contribution is 0.301. The van der Waals surface area contributed by atoms with Crippen molar-refractivity contribution < 1.29 is 4.74 Å². The Balaban J connectivity index is 2.31. The molecule has 14 heavy (non-hydrogen) atoms. The number of aromatic nitrogens is 1. The molecule has 1 aliphatic rings. The maximum Gasteiger partial charge on any atom is 0.183 e. The van der Waals surface area contributed by atoms with Gasteiger partial charge >= 0.3 is 0 Å². The number of nitrogens with zero attached hydrogens (tertiary/aromatic N) is 3. The molecular weight excluding hydrogens is 178 g/mol. The number of hydrogen-bond donors (Lipinski definition) is 0. The summed E-state index contributed by atoms with van der Waals surface area (Å²) in [6, 6.07) is 6.98. The van der Waals surface area contributed by atoms with Gasteiger partial charge in [0.2, 0.25) is 0 Å². The molecule has 1 heterocycles. The molecule has 1 saturated carbocycles. The lowest BCUT2D eigenvalue weighted by atomic mass is 10.3. The van der Waals surface area contributed by atoms with E-state index in [0.29, 0.717) is 5.75 Å². The first-order valence-corrected chi connectivity index (χ1v) is 4.31. The zero-order valence-corrected chi connectivity index (χ0v) is 7.40. The summed E-state index contributed by atoms with van der Waals surface area (Å²) in [6.45, 7) is 0. The molecule has 0 amide bonds. The summed E-state index contributed by atoms with van der Waals surface area (Å²) in [6.07, 6.45) is 2.30. The molecule has 1 aromatic heterocycles. The topological polar surface area (TPSA) is 69.7 Å². The van der Waals surface area contributed by atoms with E-state index in [4.69, 9.17) is 15.3 Å². The van der Waals surface area contributed by atoms with Crippen molar-refractivity contribution in [1.82, 2.24) is 4.98 Å². The van der Waals surface area contributed by atoms with Crippen LogP contribution in [0.25, 0.3) is 0 Å². The SMILES string of the molecule is N#Cc1ccc(OC2CC2)c(C#N)n1. The fourth-order valence-corrected chi connectivity index (χ4v) is 1.05. The molecule has 0 aliphatic heterocycles. The predicted octanol–water partition coefficient (Wildman–Crippen LogP) is 1.37. The highest BCUT2D eigenvalue weighted by molar-refractivity contribution is 5.40. The van der Waals surface area contributed by atoms with Crippen LogP contribution in [0.15, 0.2) is 12.1 Å². The first-order valence-electron chi connectivity index (χ1n) is 4.31. The van der Waals surface area contributed by atoms with Crippen LogP contribution in [0.4, 0.5) is 0 Å². The van der Waals surface area contributed by atoms with E-state index in [0.717, 1.165) is 12.8 Å². The molecule has 0 N–H and O–H groups in total. The van der Waals surface area contributed by atoms with Crippen molar-refractivity contribution in [3.05, 3.63) is 23.5 Å². The number of rotatable bonds is 2. The zero-order valence-electron chi connectivity index (χ0n) is 7.40. The van der Waals surface area contributed by atoms with Gasteiger partial charge in [0.15, 0.2) is 11.4 Å². The Kier molecular flexibility index (Phi) is 2.04.